The number of aromatic nitrogens is 5. The Kier molecular flexibility index (Phi) is 6.51. The summed E-state index contributed by atoms with van der Waals surface area (Å²) in [5.74, 6) is 1.84. The van der Waals surface area contributed by atoms with Gasteiger partial charge in [0.15, 0.2) is 17.3 Å². The van der Waals surface area contributed by atoms with Gasteiger partial charge in [-0.1, -0.05) is 19.3 Å². The average Bonchev–Trinajstić information content (AvgIpc) is 3.35. The molecule has 0 spiro atoms. The summed E-state index contributed by atoms with van der Waals surface area (Å²) in [7, 11) is 3.17. The quantitative estimate of drug-likeness (QED) is 0.567. The van der Waals surface area contributed by atoms with Gasteiger partial charge in [0.05, 0.1) is 31.9 Å². The first-order valence-corrected chi connectivity index (χ1v) is 12.1. The van der Waals surface area contributed by atoms with Crippen LogP contribution in [0.3, 0.4) is 0 Å². The monoisotopic (exact) mass is 468 g/mol. The van der Waals surface area contributed by atoms with E-state index in [0.29, 0.717) is 54.3 Å². The molecular weight excluding hydrogens is 436 g/mol. The summed E-state index contributed by atoms with van der Waals surface area (Å²) < 4.78 is 12.8. The van der Waals surface area contributed by atoms with Crippen molar-refractivity contribution in [3.8, 4) is 11.5 Å². The molecule has 1 aliphatic carbocycles. The Balaban J connectivity index is 1.63. The average molecular weight is 469 g/mol. The van der Waals surface area contributed by atoms with Crippen molar-refractivity contribution in [2.24, 2.45) is 0 Å². The van der Waals surface area contributed by atoms with E-state index in [-0.39, 0.29) is 17.7 Å². The topological polar surface area (TPSA) is 118 Å². The van der Waals surface area contributed by atoms with Crippen molar-refractivity contribution in [3.63, 3.8) is 0 Å². The Morgan fingerprint density at radius 2 is 1.74 bits per heavy atom. The van der Waals surface area contributed by atoms with Crippen LogP contribution in [0, 0.1) is 0 Å². The third-order valence-electron chi connectivity index (χ3n) is 7.22. The van der Waals surface area contributed by atoms with E-state index in [4.69, 9.17) is 9.47 Å². The van der Waals surface area contributed by atoms with E-state index in [1.54, 1.807) is 20.3 Å². The number of benzene rings is 1. The van der Waals surface area contributed by atoms with Crippen molar-refractivity contribution in [1.82, 2.24) is 30.1 Å². The fraction of sp³-hybridized carbons (Fsp3) is 0.583. The number of hydrogen-bond donors (Lipinski definition) is 2. The first-order valence-electron chi connectivity index (χ1n) is 12.1. The molecule has 2 aliphatic rings. The van der Waals surface area contributed by atoms with Gasteiger partial charge in [-0.05, 0) is 48.2 Å². The minimum Gasteiger partial charge on any atom is -0.493 e. The summed E-state index contributed by atoms with van der Waals surface area (Å²) in [5, 5.41) is 23.8. The van der Waals surface area contributed by atoms with Crippen LogP contribution >= 0.6 is 0 Å². The first-order chi connectivity index (χ1) is 16.6. The van der Waals surface area contributed by atoms with Gasteiger partial charge < -0.3 is 19.6 Å². The lowest BCUT2D eigenvalue weighted by molar-refractivity contribution is 0.0651. The number of aromatic amines is 1. The van der Waals surface area contributed by atoms with Crippen LogP contribution < -0.4 is 15.0 Å². The number of fused-ring (bicyclic) bond motifs is 1. The van der Waals surface area contributed by atoms with Gasteiger partial charge in [0.25, 0.3) is 5.56 Å². The summed E-state index contributed by atoms with van der Waals surface area (Å²) in [5.41, 5.74) is 1.07. The number of methoxy groups -OCH3 is 2. The van der Waals surface area contributed by atoms with E-state index >= 15 is 0 Å². The van der Waals surface area contributed by atoms with E-state index in [2.05, 4.69) is 25.4 Å². The van der Waals surface area contributed by atoms with Crippen molar-refractivity contribution < 1.29 is 14.6 Å². The summed E-state index contributed by atoms with van der Waals surface area (Å²) in [6.07, 6.45) is 6.60. The van der Waals surface area contributed by atoms with E-state index in [1.807, 2.05) is 16.8 Å². The second-order valence-electron chi connectivity index (χ2n) is 9.29. The van der Waals surface area contributed by atoms with E-state index in [1.165, 1.54) is 6.42 Å². The second-order valence-corrected chi connectivity index (χ2v) is 9.29. The number of aliphatic hydroxyl groups is 1. The number of piperidine rings is 1. The van der Waals surface area contributed by atoms with Gasteiger partial charge in [-0.2, -0.15) is 0 Å². The maximum atomic E-state index is 13.4. The standard InChI is InChI=1S/C24H32N6O4/c1-33-20-13-15-12-18(24(32)25-19(15)14-21(20)34-2)22(29-10-8-17(31)9-11-29)23-26-27-28-30(23)16-6-4-3-5-7-16/h12-14,16-17,22,31H,3-11H2,1-2H3,(H,25,32). The van der Waals surface area contributed by atoms with Gasteiger partial charge in [-0.15, -0.1) is 5.10 Å². The van der Waals surface area contributed by atoms with Gasteiger partial charge in [0, 0.05) is 30.1 Å². The molecule has 3 heterocycles. The number of likely N-dealkylation sites (tertiary alicyclic amines) is 1. The lowest BCUT2D eigenvalue weighted by Gasteiger charge is -2.36. The number of hydrogen-bond acceptors (Lipinski definition) is 8. The van der Waals surface area contributed by atoms with Crippen molar-refractivity contribution in [3.05, 3.63) is 39.9 Å². The van der Waals surface area contributed by atoms with Crippen molar-refractivity contribution in [2.75, 3.05) is 27.3 Å². The maximum Gasteiger partial charge on any atom is 0.253 e. The third kappa shape index (κ3) is 4.27. The van der Waals surface area contributed by atoms with Crippen LogP contribution in [0.5, 0.6) is 11.5 Å². The first kappa shape index (κ1) is 22.8. The molecule has 182 valence electrons. The van der Waals surface area contributed by atoms with Crippen LogP contribution in [0.2, 0.25) is 0 Å². The molecule has 2 aromatic heterocycles. The van der Waals surface area contributed by atoms with Crippen LogP contribution in [0.15, 0.2) is 23.0 Å². The molecule has 1 aliphatic heterocycles. The highest BCUT2D eigenvalue weighted by molar-refractivity contribution is 5.83. The predicted molar refractivity (Wildman–Crippen MR) is 126 cm³/mol. The predicted octanol–water partition coefficient (Wildman–Crippen LogP) is 2.58. The van der Waals surface area contributed by atoms with Gasteiger partial charge in [-0.25, -0.2) is 4.68 Å². The summed E-state index contributed by atoms with van der Waals surface area (Å²) in [6, 6.07) is 5.38. The molecule has 2 fully saturated rings. The molecule has 1 saturated heterocycles. The molecule has 1 atom stereocenters. The molecule has 34 heavy (non-hydrogen) atoms. The number of aliphatic hydroxyl groups excluding tert-OH is 1. The molecule has 10 nitrogen and oxygen atoms in total. The molecule has 0 radical (unpaired) electrons. The Morgan fingerprint density at radius 3 is 2.44 bits per heavy atom. The Labute approximate surface area is 197 Å². The van der Waals surface area contributed by atoms with Crippen LogP contribution in [0.25, 0.3) is 10.9 Å². The van der Waals surface area contributed by atoms with Gasteiger partial charge in [0.2, 0.25) is 0 Å². The van der Waals surface area contributed by atoms with Gasteiger partial charge in [0.1, 0.15) is 6.04 Å². The van der Waals surface area contributed by atoms with Crippen molar-refractivity contribution in [2.45, 2.75) is 63.1 Å². The lowest BCUT2D eigenvalue weighted by atomic mass is 9.94. The zero-order valence-electron chi connectivity index (χ0n) is 19.7. The zero-order valence-corrected chi connectivity index (χ0v) is 19.7. The summed E-state index contributed by atoms with van der Waals surface area (Å²) >= 11 is 0. The number of pyridine rings is 1. The number of rotatable bonds is 6. The van der Waals surface area contributed by atoms with Crippen LogP contribution in [-0.4, -0.2) is 68.6 Å². The molecule has 3 aromatic rings. The number of ether oxygens (including phenoxy) is 2. The maximum absolute atomic E-state index is 13.4. The molecule has 1 aromatic carbocycles. The molecular formula is C24H32N6O4. The van der Waals surface area contributed by atoms with Crippen LogP contribution in [-0.2, 0) is 0 Å². The number of nitrogens with one attached hydrogen (secondary N) is 1. The van der Waals surface area contributed by atoms with Crippen LogP contribution in [0.1, 0.15) is 68.4 Å². The lowest BCUT2D eigenvalue weighted by Crippen LogP contribution is -2.42. The van der Waals surface area contributed by atoms with Crippen molar-refractivity contribution >= 4 is 10.9 Å². The Hall–Kier alpha value is -2.98. The normalized spacial score (nSPS) is 19.4. The fourth-order valence-electron chi connectivity index (χ4n) is 5.36. The number of nitrogens with zero attached hydrogens (tertiary/aromatic N) is 5. The highest BCUT2D eigenvalue weighted by atomic mass is 16.5. The van der Waals surface area contributed by atoms with Gasteiger partial charge >= 0.3 is 0 Å². The molecule has 1 unspecified atom stereocenters. The van der Waals surface area contributed by atoms with E-state index in [0.717, 1.165) is 31.1 Å². The van der Waals surface area contributed by atoms with E-state index < -0.39 is 6.04 Å². The Morgan fingerprint density at radius 1 is 1.03 bits per heavy atom. The highest BCUT2D eigenvalue weighted by Crippen LogP contribution is 2.36. The molecule has 5 rings (SSSR count). The third-order valence-corrected chi connectivity index (χ3v) is 7.22. The molecule has 0 amide bonds. The minimum absolute atomic E-state index is 0.186. The highest BCUT2D eigenvalue weighted by Gasteiger charge is 2.34. The van der Waals surface area contributed by atoms with Crippen molar-refractivity contribution in [1.29, 1.82) is 0 Å². The molecule has 2 N–H and O–H groups in total. The SMILES string of the molecule is COc1cc2cc(C(c3nnnn3C3CCCCC3)N3CCC(O)CC3)c(=O)[nH]c2cc1OC. The minimum atomic E-state index is -0.411. The Bertz CT molecular complexity index is 1190. The smallest absolute Gasteiger partial charge is 0.253 e. The number of tetrazole rings is 1. The summed E-state index contributed by atoms with van der Waals surface area (Å²) in [4.78, 5) is 18.7. The fourth-order valence-corrected chi connectivity index (χ4v) is 5.36. The summed E-state index contributed by atoms with van der Waals surface area (Å²) in [6.45, 7) is 1.32. The largest absolute Gasteiger partial charge is 0.493 e. The second kappa shape index (κ2) is 9.71. The van der Waals surface area contributed by atoms with Crippen LogP contribution in [0.4, 0.5) is 0 Å². The van der Waals surface area contributed by atoms with E-state index in [9.17, 15) is 9.90 Å². The van der Waals surface area contributed by atoms with Gasteiger partial charge in [-0.3, -0.25) is 9.69 Å². The zero-order chi connectivity index (χ0) is 23.7. The molecule has 10 heteroatoms. The number of H-pyrrole nitrogens is 1. The molecule has 1 saturated carbocycles. The molecule has 0 bridgehead atoms.